The standard InChI is InChI=1S/C23H22N6O3S2/c1-4-11-29-20(27-28-23(29)33)19-14(2)25-22(34-19)26-21(30)16-5-6-17(18(12-16)31-3)32-13-15-7-9-24-10-8-15/h4-10,12H,1,11,13H2,2-3H3,(H,28,33)(H,25,26,30). The molecule has 0 fully saturated rings. The monoisotopic (exact) mass is 494 g/mol. The summed E-state index contributed by atoms with van der Waals surface area (Å²) in [6.45, 7) is 6.49. The molecule has 0 spiro atoms. The molecular weight excluding hydrogens is 472 g/mol. The van der Waals surface area contributed by atoms with Crippen LogP contribution >= 0.6 is 23.6 Å². The first-order valence-corrected chi connectivity index (χ1v) is 11.5. The molecule has 0 saturated heterocycles. The van der Waals surface area contributed by atoms with Gasteiger partial charge in [0.2, 0.25) is 0 Å². The smallest absolute Gasteiger partial charge is 0.257 e. The van der Waals surface area contributed by atoms with Crippen molar-refractivity contribution in [3.63, 3.8) is 0 Å². The van der Waals surface area contributed by atoms with Gasteiger partial charge in [-0.05, 0) is 55.0 Å². The molecule has 11 heteroatoms. The van der Waals surface area contributed by atoms with Crippen LogP contribution in [0.4, 0.5) is 5.13 Å². The number of ether oxygens (including phenoxy) is 2. The molecule has 0 aliphatic carbocycles. The number of aromatic amines is 1. The number of aromatic nitrogens is 5. The van der Waals surface area contributed by atoms with Gasteiger partial charge in [-0.15, -0.1) is 6.58 Å². The summed E-state index contributed by atoms with van der Waals surface area (Å²) in [6, 6.07) is 8.76. The number of thiazole rings is 1. The third kappa shape index (κ3) is 5.05. The Morgan fingerprint density at radius 2 is 2.09 bits per heavy atom. The third-order valence-corrected chi connectivity index (χ3v) is 6.24. The van der Waals surface area contributed by atoms with E-state index in [-0.39, 0.29) is 5.91 Å². The first kappa shape index (κ1) is 23.3. The molecule has 9 nitrogen and oxygen atoms in total. The van der Waals surface area contributed by atoms with Crippen LogP contribution < -0.4 is 14.8 Å². The van der Waals surface area contributed by atoms with Gasteiger partial charge in [0.15, 0.2) is 27.2 Å². The molecule has 3 heterocycles. The van der Waals surface area contributed by atoms with Gasteiger partial charge in [0.05, 0.1) is 17.7 Å². The number of benzene rings is 1. The molecule has 4 aromatic rings. The van der Waals surface area contributed by atoms with Gasteiger partial charge in [-0.3, -0.25) is 24.8 Å². The van der Waals surface area contributed by atoms with Crippen LogP contribution in [-0.4, -0.2) is 37.7 Å². The van der Waals surface area contributed by atoms with Gasteiger partial charge in [-0.25, -0.2) is 4.98 Å². The molecule has 4 rings (SSSR count). The Labute approximate surface area is 205 Å². The van der Waals surface area contributed by atoms with E-state index in [1.54, 1.807) is 36.7 Å². The molecule has 0 bridgehead atoms. The second kappa shape index (κ2) is 10.4. The van der Waals surface area contributed by atoms with Crippen LogP contribution in [0.25, 0.3) is 10.7 Å². The first-order chi connectivity index (χ1) is 16.5. The molecule has 0 atom stereocenters. The number of carbonyl (C=O) groups excluding carboxylic acids is 1. The molecule has 0 aliphatic heterocycles. The van der Waals surface area contributed by atoms with Crippen molar-refractivity contribution in [2.45, 2.75) is 20.1 Å². The van der Waals surface area contributed by atoms with Gasteiger partial charge in [0.25, 0.3) is 5.91 Å². The lowest BCUT2D eigenvalue weighted by molar-refractivity contribution is 0.102. The summed E-state index contributed by atoms with van der Waals surface area (Å²) in [4.78, 5) is 22.2. The molecule has 2 N–H and O–H groups in total. The number of nitrogens with one attached hydrogen (secondary N) is 2. The summed E-state index contributed by atoms with van der Waals surface area (Å²) in [5.41, 5.74) is 2.12. The van der Waals surface area contributed by atoms with Crippen LogP contribution in [-0.2, 0) is 13.2 Å². The second-order valence-corrected chi connectivity index (χ2v) is 8.53. The molecule has 3 aromatic heterocycles. The van der Waals surface area contributed by atoms with E-state index in [4.69, 9.17) is 21.7 Å². The Morgan fingerprint density at radius 3 is 2.82 bits per heavy atom. The average molecular weight is 495 g/mol. The number of anilines is 1. The van der Waals surface area contributed by atoms with Gasteiger partial charge >= 0.3 is 0 Å². The predicted octanol–water partition coefficient (Wildman–Crippen LogP) is 4.79. The molecule has 0 saturated carbocycles. The molecule has 0 radical (unpaired) electrons. The summed E-state index contributed by atoms with van der Waals surface area (Å²) < 4.78 is 13.6. The third-order valence-electron chi connectivity index (χ3n) is 4.86. The summed E-state index contributed by atoms with van der Waals surface area (Å²) in [6.07, 6.45) is 5.15. The van der Waals surface area contributed by atoms with Crippen molar-refractivity contribution in [3.8, 4) is 22.2 Å². The largest absolute Gasteiger partial charge is 0.493 e. The molecule has 34 heavy (non-hydrogen) atoms. The van der Waals surface area contributed by atoms with Gasteiger partial charge in [0.1, 0.15) is 6.61 Å². The minimum Gasteiger partial charge on any atom is -0.493 e. The minimum atomic E-state index is -0.316. The fourth-order valence-corrected chi connectivity index (χ4v) is 4.35. The molecule has 1 amide bonds. The Hall–Kier alpha value is -3.83. The van der Waals surface area contributed by atoms with E-state index in [1.165, 1.54) is 18.4 Å². The number of nitrogens with zero attached hydrogens (tertiary/aromatic N) is 4. The zero-order valence-corrected chi connectivity index (χ0v) is 20.2. The molecule has 0 aliphatic rings. The van der Waals surface area contributed by atoms with Crippen molar-refractivity contribution in [2.75, 3.05) is 12.4 Å². The van der Waals surface area contributed by atoms with Crippen LogP contribution in [0.5, 0.6) is 11.5 Å². The van der Waals surface area contributed by atoms with Crippen molar-refractivity contribution in [1.82, 2.24) is 24.7 Å². The summed E-state index contributed by atoms with van der Waals surface area (Å²) in [5, 5.41) is 10.4. The van der Waals surface area contributed by atoms with E-state index in [9.17, 15) is 4.79 Å². The van der Waals surface area contributed by atoms with Gasteiger partial charge < -0.3 is 9.47 Å². The Bertz CT molecular complexity index is 1380. The quantitative estimate of drug-likeness (QED) is 0.254. The van der Waals surface area contributed by atoms with E-state index >= 15 is 0 Å². The van der Waals surface area contributed by atoms with E-state index in [0.29, 0.717) is 45.9 Å². The van der Waals surface area contributed by atoms with Gasteiger partial charge in [-0.1, -0.05) is 17.4 Å². The summed E-state index contributed by atoms with van der Waals surface area (Å²) in [5.74, 6) is 1.33. The number of pyridine rings is 1. The maximum Gasteiger partial charge on any atom is 0.257 e. The Morgan fingerprint density at radius 1 is 1.29 bits per heavy atom. The predicted molar refractivity (Wildman–Crippen MR) is 133 cm³/mol. The number of rotatable bonds is 9. The fraction of sp³-hybridized carbons (Fsp3) is 0.174. The van der Waals surface area contributed by atoms with Crippen LogP contribution in [0.3, 0.4) is 0 Å². The van der Waals surface area contributed by atoms with E-state index in [1.807, 2.05) is 23.6 Å². The van der Waals surface area contributed by atoms with Crippen molar-refractivity contribution in [2.24, 2.45) is 0 Å². The number of H-pyrrole nitrogens is 1. The van der Waals surface area contributed by atoms with Gasteiger partial charge in [-0.2, -0.15) is 5.10 Å². The van der Waals surface area contributed by atoms with Crippen molar-refractivity contribution < 1.29 is 14.3 Å². The van der Waals surface area contributed by atoms with Crippen LogP contribution in [0.15, 0.2) is 55.4 Å². The minimum absolute atomic E-state index is 0.316. The highest BCUT2D eigenvalue weighted by molar-refractivity contribution is 7.71. The average Bonchev–Trinajstić information content (AvgIpc) is 3.39. The summed E-state index contributed by atoms with van der Waals surface area (Å²) >= 11 is 6.61. The highest BCUT2D eigenvalue weighted by Gasteiger charge is 2.18. The Kier molecular flexibility index (Phi) is 7.14. The van der Waals surface area contributed by atoms with Crippen LogP contribution in [0.2, 0.25) is 0 Å². The van der Waals surface area contributed by atoms with Crippen LogP contribution in [0.1, 0.15) is 21.6 Å². The molecule has 0 unspecified atom stereocenters. The van der Waals surface area contributed by atoms with Crippen LogP contribution in [0, 0.1) is 11.7 Å². The first-order valence-electron chi connectivity index (χ1n) is 10.2. The van der Waals surface area contributed by atoms with E-state index in [0.717, 1.165) is 16.1 Å². The lowest BCUT2D eigenvalue weighted by Gasteiger charge is -2.12. The topological polar surface area (TPSA) is 107 Å². The second-order valence-electron chi connectivity index (χ2n) is 7.15. The zero-order valence-electron chi connectivity index (χ0n) is 18.6. The number of hydrogen-bond acceptors (Lipinski definition) is 8. The number of amides is 1. The molecular formula is C23H22N6O3S2. The number of carbonyl (C=O) groups is 1. The van der Waals surface area contributed by atoms with Gasteiger partial charge in [0, 0.05) is 24.5 Å². The molecule has 174 valence electrons. The lowest BCUT2D eigenvalue weighted by Crippen LogP contribution is -2.12. The normalized spacial score (nSPS) is 10.6. The maximum absolute atomic E-state index is 12.9. The highest BCUT2D eigenvalue weighted by Crippen LogP contribution is 2.33. The maximum atomic E-state index is 12.9. The number of allylic oxidation sites excluding steroid dienone is 1. The highest BCUT2D eigenvalue weighted by atomic mass is 32.1. The molecule has 1 aromatic carbocycles. The van der Waals surface area contributed by atoms with E-state index < -0.39 is 0 Å². The fourth-order valence-electron chi connectivity index (χ4n) is 3.18. The number of aryl methyl sites for hydroxylation is 1. The zero-order chi connectivity index (χ0) is 24.1. The Balaban J connectivity index is 1.50. The SMILES string of the molecule is C=CCn1c(-c2sc(NC(=O)c3ccc(OCc4ccncc4)c(OC)c3)nc2C)n[nH]c1=S. The van der Waals surface area contributed by atoms with Crippen molar-refractivity contribution >= 4 is 34.6 Å². The lowest BCUT2D eigenvalue weighted by atomic mass is 10.2. The van der Waals surface area contributed by atoms with Crippen molar-refractivity contribution in [1.29, 1.82) is 0 Å². The van der Waals surface area contributed by atoms with Crippen molar-refractivity contribution in [3.05, 3.63) is 77.0 Å². The number of hydrogen-bond donors (Lipinski definition) is 2. The van der Waals surface area contributed by atoms with E-state index in [2.05, 4.69) is 32.1 Å². The number of methoxy groups -OCH3 is 1. The summed E-state index contributed by atoms with van der Waals surface area (Å²) in [7, 11) is 1.53.